The molecule has 1 aromatic heterocycles. The summed E-state index contributed by atoms with van der Waals surface area (Å²) >= 11 is 0. The van der Waals surface area contributed by atoms with Crippen molar-refractivity contribution in [3.8, 4) is 22.9 Å². The molecule has 0 radical (unpaired) electrons. The summed E-state index contributed by atoms with van der Waals surface area (Å²) in [6.07, 6.45) is 7.66. The SMILES string of the molecule is C=CCOc1cc(CN2CCC(Nc3cnc(-c4ccccc4)nc3)CC2)ccc1OC. The summed E-state index contributed by atoms with van der Waals surface area (Å²) in [5.74, 6) is 2.27. The normalized spacial score (nSPS) is 14.7. The Morgan fingerprint density at radius 2 is 1.81 bits per heavy atom. The highest BCUT2D eigenvalue weighted by atomic mass is 16.5. The van der Waals surface area contributed by atoms with Crippen molar-refractivity contribution in [1.29, 1.82) is 0 Å². The summed E-state index contributed by atoms with van der Waals surface area (Å²) in [4.78, 5) is 11.5. The summed E-state index contributed by atoms with van der Waals surface area (Å²) in [5, 5.41) is 3.59. The lowest BCUT2D eigenvalue weighted by Gasteiger charge is -2.32. The lowest BCUT2D eigenvalue weighted by molar-refractivity contribution is 0.211. The fraction of sp³-hybridized carbons (Fsp3) is 0.308. The molecule has 1 saturated heterocycles. The van der Waals surface area contributed by atoms with E-state index in [4.69, 9.17) is 9.47 Å². The quantitative estimate of drug-likeness (QED) is 0.493. The van der Waals surface area contributed by atoms with E-state index in [1.165, 1.54) is 5.56 Å². The number of piperidine rings is 1. The van der Waals surface area contributed by atoms with Crippen molar-refractivity contribution < 1.29 is 9.47 Å². The first kappa shape index (κ1) is 21.8. The third-order valence-electron chi connectivity index (χ3n) is 5.63. The van der Waals surface area contributed by atoms with E-state index in [1.54, 1.807) is 13.2 Å². The second kappa shape index (κ2) is 10.8. The average molecular weight is 431 g/mol. The van der Waals surface area contributed by atoms with E-state index in [0.717, 1.165) is 61.1 Å². The molecule has 32 heavy (non-hydrogen) atoms. The van der Waals surface area contributed by atoms with Crippen LogP contribution in [-0.4, -0.2) is 47.7 Å². The lowest BCUT2D eigenvalue weighted by atomic mass is 10.0. The molecule has 0 bridgehead atoms. The Kier molecular flexibility index (Phi) is 7.35. The molecule has 0 saturated carbocycles. The van der Waals surface area contributed by atoms with E-state index in [0.29, 0.717) is 12.6 Å². The van der Waals surface area contributed by atoms with Gasteiger partial charge in [0.15, 0.2) is 17.3 Å². The molecule has 0 spiro atoms. The topological polar surface area (TPSA) is 59.5 Å². The van der Waals surface area contributed by atoms with Crippen LogP contribution >= 0.6 is 0 Å². The minimum atomic E-state index is 0.430. The van der Waals surface area contributed by atoms with Crippen molar-refractivity contribution in [2.45, 2.75) is 25.4 Å². The Morgan fingerprint density at radius 3 is 2.50 bits per heavy atom. The second-order valence-electron chi connectivity index (χ2n) is 7.94. The predicted molar refractivity (Wildman–Crippen MR) is 128 cm³/mol. The molecule has 1 aliphatic rings. The molecule has 0 amide bonds. The number of aromatic nitrogens is 2. The number of hydrogen-bond acceptors (Lipinski definition) is 6. The average Bonchev–Trinajstić information content (AvgIpc) is 2.85. The maximum Gasteiger partial charge on any atom is 0.161 e. The third-order valence-corrected chi connectivity index (χ3v) is 5.63. The van der Waals surface area contributed by atoms with Crippen molar-refractivity contribution in [2.75, 3.05) is 32.1 Å². The fourth-order valence-electron chi connectivity index (χ4n) is 3.95. The summed E-state index contributed by atoms with van der Waals surface area (Å²) in [6, 6.07) is 16.6. The number of ether oxygens (including phenoxy) is 2. The van der Waals surface area contributed by atoms with Gasteiger partial charge in [-0.3, -0.25) is 4.90 Å². The van der Waals surface area contributed by atoms with Crippen LogP contribution in [0.4, 0.5) is 5.69 Å². The Bertz CT molecular complexity index is 1000. The van der Waals surface area contributed by atoms with Crippen LogP contribution in [0.1, 0.15) is 18.4 Å². The lowest BCUT2D eigenvalue weighted by Crippen LogP contribution is -2.38. The molecular weight excluding hydrogens is 400 g/mol. The largest absolute Gasteiger partial charge is 0.493 e. The molecule has 6 heteroatoms. The van der Waals surface area contributed by atoms with Gasteiger partial charge in [0, 0.05) is 31.2 Å². The van der Waals surface area contributed by atoms with Crippen LogP contribution in [0.15, 0.2) is 73.6 Å². The van der Waals surface area contributed by atoms with E-state index in [9.17, 15) is 0 Å². The number of methoxy groups -OCH3 is 1. The van der Waals surface area contributed by atoms with Gasteiger partial charge in [-0.25, -0.2) is 9.97 Å². The van der Waals surface area contributed by atoms with Crippen molar-refractivity contribution >= 4 is 5.69 Å². The van der Waals surface area contributed by atoms with Gasteiger partial charge in [0.05, 0.1) is 25.2 Å². The van der Waals surface area contributed by atoms with E-state index < -0.39 is 0 Å². The molecule has 0 unspecified atom stereocenters. The van der Waals surface area contributed by atoms with Crippen LogP contribution < -0.4 is 14.8 Å². The highest BCUT2D eigenvalue weighted by Crippen LogP contribution is 2.29. The predicted octanol–water partition coefficient (Wildman–Crippen LogP) is 4.79. The zero-order valence-corrected chi connectivity index (χ0v) is 18.5. The van der Waals surface area contributed by atoms with Gasteiger partial charge in [0.25, 0.3) is 0 Å². The van der Waals surface area contributed by atoms with E-state index in [1.807, 2.05) is 48.8 Å². The molecule has 0 atom stereocenters. The number of likely N-dealkylation sites (tertiary alicyclic amines) is 1. The molecule has 2 aromatic carbocycles. The maximum atomic E-state index is 5.74. The minimum Gasteiger partial charge on any atom is -0.493 e. The summed E-state index contributed by atoms with van der Waals surface area (Å²) in [5.41, 5.74) is 3.23. The molecule has 0 aliphatic carbocycles. The minimum absolute atomic E-state index is 0.430. The van der Waals surface area contributed by atoms with Gasteiger partial charge in [0.1, 0.15) is 6.61 Å². The monoisotopic (exact) mass is 430 g/mol. The highest BCUT2D eigenvalue weighted by molar-refractivity contribution is 5.55. The zero-order valence-electron chi connectivity index (χ0n) is 18.5. The first-order chi connectivity index (χ1) is 15.7. The Hall–Kier alpha value is -3.38. The van der Waals surface area contributed by atoms with Gasteiger partial charge in [0.2, 0.25) is 0 Å². The van der Waals surface area contributed by atoms with Gasteiger partial charge >= 0.3 is 0 Å². The highest BCUT2D eigenvalue weighted by Gasteiger charge is 2.20. The van der Waals surface area contributed by atoms with Crippen molar-refractivity contribution in [2.24, 2.45) is 0 Å². The molecule has 1 fully saturated rings. The first-order valence-electron chi connectivity index (χ1n) is 11.0. The number of nitrogens with one attached hydrogen (secondary N) is 1. The molecule has 166 valence electrons. The Balaban J connectivity index is 1.28. The number of rotatable bonds is 9. The number of nitrogens with zero attached hydrogens (tertiary/aromatic N) is 3. The molecule has 2 heterocycles. The molecule has 1 aliphatic heterocycles. The molecular formula is C26H30N4O2. The Morgan fingerprint density at radius 1 is 1.06 bits per heavy atom. The van der Waals surface area contributed by atoms with E-state index in [2.05, 4.69) is 38.9 Å². The number of benzene rings is 2. The standard InChI is InChI=1S/C26H30N4O2/c1-3-15-32-25-16-20(9-10-24(25)31-2)19-30-13-11-22(12-14-30)29-23-17-27-26(28-18-23)21-7-5-4-6-8-21/h3-10,16-18,22,29H,1,11-15,19H2,2H3. The zero-order chi connectivity index (χ0) is 22.2. The van der Waals surface area contributed by atoms with Crippen LogP contribution in [0.2, 0.25) is 0 Å². The van der Waals surface area contributed by atoms with Crippen molar-refractivity contribution in [1.82, 2.24) is 14.9 Å². The van der Waals surface area contributed by atoms with Crippen molar-refractivity contribution in [3.05, 3.63) is 79.1 Å². The first-order valence-corrected chi connectivity index (χ1v) is 11.0. The summed E-state index contributed by atoms with van der Waals surface area (Å²) in [6.45, 7) is 7.15. The Labute approximate surface area is 189 Å². The molecule has 3 aromatic rings. The van der Waals surface area contributed by atoms with Crippen LogP contribution in [-0.2, 0) is 6.54 Å². The van der Waals surface area contributed by atoms with Crippen LogP contribution in [0, 0.1) is 0 Å². The molecule has 4 rings (SSSR count). The van der Waals surface area contributed by atoms with Gasteiger partial charge in [-0.15, -0.1) is 0 Å². The smallest absolute Gasteiger partial charge is 0.161 e. The summed E-state index contributed by atoms with van der Waals surface area (Å²) in [7, 11) is 1.66. The second-order valence-corrected chi connectivity index (χ2v) is 7.94. The third kappa shape index (κ3) is 5.65. The number of hydrogen-bond donors (Lipinski definition) is 1. The van der Waals surface area contributed by atoms with Crippen molar-refractivity contribution in [3.63, 3.8) is 0 Å². The van der Waals surface area contributed by atoms with Gasteiger partial charge in [-0.05, 0) is 30.5 Å². The fourth-order valence-corrected chi connectivity index (χ4v) is 3.95. The van der Waals surface area contributed by atoms with Gasteiger partial charge in [-0.1, -0.05) is 49.1 Å². The van der Waals surface area contributed by atoms with Crippen LogP contribution in [0.3, 0.4) is 0 Å². The van der Waals surface area contributed by atoms with Crippen LogP contribution in [0.25, 0.3) is 11.4 Å². The number of anilines is 1. The molecule has 6 nitrogen and oxygen atoms in total. The van der Waals surface area contributed by atoms with Crippen LogP contribution in [0.5, 0.6) is 11.5 Å². The molecule has 1 N–H and O–H groups in total. The maximum absolute atomic E-state index is 5.74. The van der Waals surface area contributed by atoms with Gasteiger partial charge in [-0.2, -0.15) is 0 Å². The van der Waals surface area contributed by atoms with E-state index in [-0.39, 0.29) is 0 Å². The summed E-state index contributed by atoms with van der Waals surface area (Å²) < 4.78 is 11.1. The van der Waals surface area contributed by atoms with Gasteiger partial charge < -0.3 is 14.8 Å². The van der Waals surface area contributed by atoms with E-state index >= 15 is 0 Å².